The zero-order valence-corrected chi connectivity index (χ0v) is 15.2. The van der Waals surface area contributed by atoms with Crippen LogP contribution in [0.5, 0.6) is 0 Å². The molecule has 1 aliphatic rings. The largest absolute Gasteiger partial charge is 0.310 e. The maximum absolute atomic E-state index is 12.9. The molecule has 0 aliphatic heterocycles. The minimum absolute atomic E-state index is 0.0864. The minimum atomic E-state index is 0.0864. The highest BCUT2D eigenvalue weighted by molar-refractivity contribution is 5.95. The van der Waals surface area contributed by atoms with Crippen molar-refractivity contribution in [3.63, 3.8) is 0 Å². The Labute approximate surface area is 146 Å². The van der Waals surface area contributed by atoms with Crippen LogP contribution >= 0.6 is 0 Å². The molecular weight excluding hydrogens is 298 g/mol. The number of amides is 1. The molecule has 0 bridgehead atoms. The van der Waals surface area contributed by atoms with Gasteiger partial charge in [0.2, 0.25) is 5.91 Å². The van der Waals surface area contributed by atoms with Crippen molar-refractivity contribution in [3.05, 3.63) is 29.3 Å². The molecule has 1 amide bonds. The smallest absolute Gasteiger partial charge is 0.241 e. The van der Waals surface area contributed by atoms with E-state index in [2.05, 4.69) is 24.1 Å². The highest BCUT2D eigenvalue weighted by Crippen LogP contribution is 2.23. The highest BCUT2D eigenvalue weighted by Gasteiger charge is 2.23. The molecular formula is C20H29N3O. The molecule has 1 aromatic carbocycles. The van der Waals surface area contributed by atoms with Crippen molar-refractivity contribution in [1.29, 1.82) is 5.26 Å². The van der Waals surface area contributed by atoms with Crippen LogP contribution in [0.2, 0.25) is 0 Å². The first-order chi connectivity index (χ1) is 11.5. The van der Waals surface area contributed by atoms with Gasteiger partial charge in [-0.25, -0.2) is 0 Å². The van der Waals surface area contributed by atoms with Gasteiger partial charge in [0.25, 0.3) is 0 Å². The second-order valence-electron chi connectivity index (χ2n) is 7.01. The third-order valence-electron chi connectivity index (χ3n) is 4.85. The fraction of sp³-hybridized carbons (Fsp3) is 0.600. The quantitative estimate of drug-likeness (QED) is 0.798. The van der Waals surface area contributed by atoms with Crippen LogP contribution in [-0.4, -0.2) is 37.0 Å². The van der Waals surface area contributed by atoms with E-state index in [9.17, 15) is 4.79 Å². The van der Waals surface area contributed by atoms with Crippen molar-refractivity contribution in [3.8, 4) is 6.07 Å². The second kappa shape index (κ2) is 8.84. The van der Waals surface area contributed by atoms with Crippen LogP contribution in [0, 0.1) is 25.2 Å². The van der Waals surface area contributed by atoms with E-state index >= 15 is 0 Å². The lowest BCUT2D eigenvalue weighted by Gasteiger charge is -2.32. The van der Waals surface area contributed by atoms with Gasteiger partial charge in [0, 0.05) is 18.3 Å². The zero-order chi connectivity index (χ0) is 17.5. The first-order valence-electron chi connectivity index (χ1n) is 8.97. The lowest BCUT2D eigenvalue weighted by Crippen LogP contribution is -2.44. The standard InChI is InChI=1S/C20H29N3O/c1-16-12-17(2)14-19(13-16)23(11-7-10-21)20(24)15-22(3)18-8-5-4-6-9-18/h12-14,18H,4-9,11,15H2,1-3H3. The van der Waals surface area contributed by atoms with Crippen LogP contribution in [0.4, 0.5) is 5.69 Å². The van der Waals surface area contributed by atoms with Gasteiger partial charge in [0.05, 0.1) is 19.0 Å². The number of aryl methyl sites for hydroxylation is 2. The summed E-state index contributed by atoms with van der Waals surface area (Å²) >= 11 is 0. The lowest BCUT2D eigenvalue weighted by molar-refractivity contribution is -0.120. The van der Waals surface area contributed by atoms with Crippen molar-refractivity contribution in [2.24, 2.45) is 0 Å². The summed E-state index contributed by atoms with van der Waals surface area (Å²) in [6, 6.07) is 8.84. The number of nitriles is 1. The number of likely N-dealkylation sites (N-methyl/N-ethyl adjacent to an activating group) is 1. The van der Waals surface area contributed by atoms with Crippen LogP contribution in [0.15, 0.2) is 18.2 Å². The predicted octanol–water partition coefficient (Wildman–Crippen LogP) is 3.81. The van der Waals surface area contributed by atoms with Gasteiger partial charge in [-0.2, -0.15) is 5.26 Å². The minimum Gasteiger partial charge on any atom is -0.310 e. The van der Waals surface area contributed by atoms with E-state index in [1.54, 1.807) is 4.90 Å². The molecule has 0 spiro atoms. The monoisotopic (exact) mass is 327 g/mol. The summed E-state index contributed by atoms with van der Waals surface area (Å²) in [4.78, 5) is 16.9. The molecule has 1 aliphatic carbocycles. The van der Waals surface area contributed by atoms with Gasteiger partial charge in [-0.15, -0.1) is 0 Å². The van der Waals surface area contributed by atoms with E-state index < -0.39 is 0 Å². The maximum atomic E-state index is 12.9. The van der Waals surface area contributed by atoms with Gasteiger partial charge in [0.15, 0.2) is 0 Å². The van der Waals surface area contributed by atoms with Crippen LogP contribution in [0.25, 0.3) is 0 Å². The topological polar surface area (TPSA) is 47.3 Å². The van der Waals surface area contributed by atoms with Crippen molar-refractivity contribution in [2.75, 3.05) is 25.0 Å². The molecule has 0 saturated heterocycles. The number of carbonyl (C=O) groups is 1. The third-order valence-corrected chi connectivity index (χ3v) is 4.85. The van der Waals surface area contributed by atoms with Gasteiger partial charge in [-0.05, 0) is 57.0 Å². The maximum Gasteiger partial charge on any atom is 0.241 e. The van der Waals surface area contributed by atoms with E-state index in [0.29, 0.717) is 25.6 Å². The molecule has 0 atom stereocenters. The Balaban J connectivity index is 2.11. The first-order valence-corrected chi connectivity index (χ1v) is 8.97. The molecule has 130 valence electrons. The number of carbonyl (C=O) groups excluding carboxylic acids is 1. The molecule has 0 radical (unpaired) electrons. The Morgan fingerprint density at radius 3 is 2.38 bits per heavy atom. The Morgan fingerprint density at radius 2 is 1.79 bits per heavy atom. The SMILES string of the molecule is Cc1cc(C)cc(N(CCC#N)C(=O)CN(C)C2CCCCC2)c1. The molecule has 0 aromatic heterocycles. The number of hydrogen-bond donors (Lipinski definition) is 0. The van der Waals surface area contributed by atoms with E-state index in [0.717, 1.165) is 16.8 Å². The summed E-state index contributed by atoms with van der Waals surface area (Å²) in [6.45, 7) is 4.95. The predicted molar refractivity (Wildman–Crippen MR) is 98.0 cm³/mol. The molecule has 4 heteroatoms. The average molecular weight is 327 g/mol. The van der Waals surface area contributed by atoms with Gasteiger partial charge in [0.1, 0.15) is 0 Å². The number of hydrogen-bond acceptors (Lipinski definition) is 3. The second-order valence-corrected chi connectivity index (χ2v) is 7.01. The van der Waals surface area contributed by atoms with E-state index in [4.69, 9.17) is 5.26 Å². The van der Waals surface area contributed by atoms with E-state index in [1.165, 1.54) is 32.1 Å². The Bertz CT molecular complexity index is 579. The van der Waals surface area contributed by atoms with E-state index in [-0.39, 0.29) is 5.91 Å². The number of benzene rings is 1. The average Bonchev–Trinajstić information content (AvgIpc) is 2.55. The third kappa shape index (κ3) is 5.07. The van der Waals surface area contributed by atoms with Crippen LogP contribution in [0.1, 0.15) is 49.7 Å². The molecule has 0 unspecified atom stereocenters. The summed E-state index contributed by atoms with van der Waals surface area (Å²) in [5, 5.41) is 8.94. The Hall–Kier alpha value is -1.86. The summed E-state index contributed by atoms with van der Waals surface area (Å²) < 4.78 is 0. The van der Waals surface area contributed by atoms with Gasteiger partial charge < -0.3 is 4.90 Å². The van der Waals surface area contributed by atoms with Crippen LogP contribution in [0.3, 0.4) is 0 Å². The van der Waals surface area contributed by atoms with Gasteiger partial charge in [-0.3, -0.25) is 9.69 Å². The Morgan fingerprint density at radius 1 is 1.17 bits per heavy atom. The van der Waals surface area contributed by atoms with Gasteiger partial charge in [-0.1, -0.05) is 25.3 Å². The number of anilines is 1. The zero-order valence-electron chi connectivity index (χ0n) is 15.2. The first kappa shape index (κ1) is 18.5. The molecule has 1 fully saturated rings. The van der Waals surface area contributed by atoms with E-state index in [1.807, 2.05) is 26.0 Å². The molecule has 4 nitrogen and oxygen atoms in total. The van der Waals surface area contributed by atoms with Crippen LogP contribution in [-0.2, 0) is 4.79 Å². The molecule has 1 aromatic rings. The van der Waals surface area contributed by atoms with Crippen molar-refractivity contribution in [2.45, 2.75) is 58.4 Å². The van der Waals surface area contributed by atoms with Gasteiger partial charge >= 0.3 is 0 Å². The normalized spacial score (nSPS) is 15.3. The summed E-state index contributed by atoms with van der Waals surface area (Å²) in [5.74, 6) is 0.0864. The molecule has 1 saturated carbocycles. The molecule has 0 N–H and O–H groups in total. The van der Waals surface area contributed by atoms with Crippen molar-refractivity contribution < 1.29 is 4.79 Å². The van der Waals surface area contributed by atoms with Crippen molar-refractivity contribution in [1.82, 2.24) is 4.90 Å². The number of nitrogens with zero attached hydrogens (tertiary/aromatic N) is 3. The number of rotatable bonds is 6. The lowest BCUT2D eigenvalue weighted by atomic mass is 9.94. The van der Waals surface area contributed by atoms with Crippen LogP contribution < -0.4 is 4.90 Å². The molecule has 2 rings (SSSR count). The van der Waals surface area contributed by atoms with Crippen molar-refractivity contribution >= 4 is 11.6 Å². The Kier molecular flexibility index (Phi) is 6.81. The summed E-state index contributed by atoms with van der Waals surface area (Å²) in [7, 11) is 2.05. The fourth-order valence-corrected chi connectivity index (χ4v) is 3.62. The summed E-state index contributed by atoms with van der Waals surface area (Å²) in [6.07, 6.45) is 6.56. The summed E-state index contributed by atoms with van der Waals surface area (Å²) in [5.41, 5.74) is 3.19. The highest BCUT2D eigenvalue weighted by atomic mass is 16.2. The fourth-order valence-electron chi connectivity index (χ4n) is 3.62. The molecule has 24 heavy (non-hydrogen) atoms. The molecule has 0 heterocycles.